The van der Waals surface area contributed by atoms with Crippen LogP contribution in [-0.2, 0) is 9.59 Å². The van der Waals surface area contributed by atoms with Crippen LogP contribution in [-0.4, -0.2) is 41.8 Å². The van der Waals surface area contributed by atoms with Gasteiger partial charge in [-0.25, -0.2) is 4.98 Å². The van der Waals surface area contributed by atoms with Crippen LogP contribution in [0.15, 0.2) is 48.5 Å². The van der Waals surface area contributed by atoms with Gasteiger partial charge < -0.3 is 15.5 Å². The SMILES string of the molecule is Cc1ccc(NC(=O)CN(C)C(=O)CCCCCNc2nc3ccccc3s2)cc1. The van der Waals surface area contributed by atoms with Gasteiger partial charge in [-0.05, 0) is 44.0 Å². The summed E-state index contributed by atoms with van der Waals surface area (Å²) in [5.41, 5.74) is 2.90. The van der Waals surface area contributed by atoms with Gasteiger partial charge in [0.15, 0.2) is 5.13 Å². The molecule has 2 amide bonds. The second-order valence-electron chi connectivity index (χ2n) is 7.39. The molecule has 2 N–H and O–H groups in total. The summed E-state index contributed by atoms with van der Waals surface area (Å²) >= 11 is 1.66. The minimum atomic E-state index is -0.185. The summed E-state index contributed by atoms with van der Waals surface area (Å²) in [5.74, 6) is -0.192. The van der Waals surface area contributed by atoms with Crippen molar-refractivity contribution in [2.24, 2.45) is 0 Å². The molecule has 0 aliphatic rings. The van der Waals surface area contributed by atoms with Crippen molar-refractivity contribution in [1.82, 2.24) is 9.88 Å². The van der Waals surface area contributed by atoms with Gasteiger partial charge in [-0.3, -0.25) is 9.59 Å². The third-order valence-electron chi connectivity index (χ3n) is 4.78. The van der Waals surface area contributed by atoms with Gasteiger partial charge in [0.05, 0.1) is 16.8 Å². The first-order valence-electron chi connectivity index (χ1n) is 10.2. The highest BCUT2D eigenvalue weighted by Gasteiger charge is 2.12. The number of likely N-dealkylation sites (N-methyl/N-ethyl adjacent to an activating group) is 1. The topological polar surface area (TPSA) is 74.3 Å². The van der Waals surface area contributed by atoms with Gasteiger partial charge in [-0.2, -0.15) is 0 Å². The first-order chi connectivity index (χ1) is 14.5. The quantitative estimate of drug-likeness (QED) is 0.464. The Morgan fingerprint density at radius 1 is 1.03 bits per heavy atom. The van der Waals surface area contributed by atoms with Gasteiger partial charge in [-0.15, -0.1) is 0 Å². The number of thiazole rings is 1. The fraction of sp³-hybridized carbons (Fsp3) is 0.348. The van der Waals surface area contributed by atoms with E-state index >= 15 is 0 Å². The molecule has 1 heterocycles. The summed E-state index contributed by atoms with van der Waals surface area (Å²) in [6, 6.07) is 15.7. The number of carbonyl (C=O) groups is 2. The molecule has 3 rings (SSSR count). The molecule has 0 unspecified atom stereocenters. The molecule has 0 radical (unpaired) electrons. The second kappa shape index (κ2) is 10.7. The van der Waals surface area contributed by atoms with E-state index in [-0.39, 0.29) is 18.4 Å². The minimum absolute atomic E-state index is 0.00631. The third kappa shape index (κ3) is 6.56. The molecule has 2 aromatic carbocycles. The summed E-state index contributed by atoms with van der Waals surface area (Å²) in [7, 11) is 1.67. The van der Waals surface area contributed by atoms with E-state index in [1.807, 2.05) is 49.4 Å². The zero-order valence-corrected chi connectivity index (χ0v) is 18.3. The molecule has 1 aromatic heterocycles. The maximum atomic E-state index is 12.3. The molecule has 0 atom stereocenters. The number of amides is 2. The van der Waals surface area contributed by atoms with E-state index < -0.39 is 0 Å². The summed E-state index contributed by atoms with van der Waals surface area (Å²) in [5, 5.41) is 7.11. The Balaban J connectivity index is 1.29. The Labute approximate surface area is 181 Å². The van der Waals surface area contributed by atoms with Crippen molar-refractivity contribution in [3.05, 3.63) is 54.1 Å². The number of rotatable bonds is 10. The van der Waals surface area contributed by atoms with Crippen LogP contribution in [0.3, 0.4) is 0 Å². The molecule has 6 nitrogen and oxygen atoms in total. The summed E-state index contributed by atoms with van der Waals surface area (Å²) in [4.78, 5) is 30.4. The molecule has 0 saturated carbocycles. The van der Waals surface area contributed by atoms with E-state index in [4.69, 9.17) is 0 Å². The summed E-state index contributed by atoms with van der Waals surface area (Å²) in [6.45, 7) is 2.89. The predicted molar refractivity (Wildman–Crippen MR) is 124 cm³/mol. The van der Waals surface area contributed by atoms with Gasteiger partial charge in [-0.1, -0.05) is 47.6 Å². The van der Waals surface area contributed by atoms with Gasteiger partial charge in [0.2, 0.25) is 11.8 Å². The lowest BCUT2D eigenvalue weighted by Gasteiger charge is -2.17. The molecular formula is C23H28N4O2S. The van der Waals surface area contributed by atoms with E-state index in [0.29, 0.717) is 6.42 Å². The van der Waals surface area contributed by atoms with E-state index in [0.717, 1.165) is 47.7 Å². The van der Waals surface area contributed by atoms with Crippen LogP contribution in [0.2, 0.25) is 0 Å². The van der Waals surface area contributed by atoms with Gasteiger partial charge in [0.25, 0.3) is 0 Å². The lowest BCUT2D eigenvalue weighted by Crippen LogP contribution is -2.34. The van der Waals surface area contributed by atoms with Gasteiger partial charge in [0, 0.05) is 25.7 Å². The zero-order chi connectivity index (χ0) is 21.3. The highest BCUT2D eigenvalue weighted by Crippen LogP contribution is 2.25. The Hall–Kier alpha value is -2.93. The van der Waals surface area contributed by atoms with Crippen molar-refractivity contribution in [1.29, 1.82) is 0 Å². The number of fused-ring (bicyclic) bond motifs is 1. The average Bonchev–Trinajstić information content (AvgIpc) is 3.14. The third-order valence-corrected chi connectivity index (χ3v) is 5.77. The Kier molecular flexibility index (Phi) is 7.79. The van der Waals surface area contributed by atoms with Crippen LogP contribution in [0.1, 0.15) is 31.2 Å². The second-order valence-corrected chi connectivity index (χ2v) is 8.42. The maximum absolute atomic E-state index is 12.3. The number of hydrogen-bond donors (Lipinski definition) is 2. The zero-order valence-electron chi connectivity index (χ0n) is 17.5. The highest BCUT2D eigenvalue weighted by atomic mass is 32.1. The molecule has 158 valence electrons. The predicted octanol–water partition coefficient (Wildman–Crippen LogP) is 4.67. The first kappa shape index (κ1) is 21.8. The number of aromatic nitrogens is 1. The van der Waals surface area contributed by atoms with Crippen molar-refractivity contribution in [3.63, 3.8) is 0 Å². The number of aryl methyl sites for hydroxylation is 1. The van der Waals surface area contributed by atoms with Crippen LogP contribution in [0, 0.1) is 6.92 Å². The minimum Gasteiger partial charge on any atom is -0.361 e. The van der Waals surface area contributed by atoms with Crippen LogP contribution in [0.4, 0.5) is 10.8 Å². The number of anilines is 2. The van der Waals surface area contributed by atoms with Gasteiger partial charge in [0.1, 0.15) is 0 Å². The Morgan fingerprint density at radius 2 is 1.80 bits per heavy atom. The van der Waals surface area contributed by atoms with Gasteiger partial charge >= 0.3 is 0 Å². The van der Waals surface area contributed by atoms with Crippen molar-refractivity contribution in [2.75, 3.05) is 30.8 Å². The average molecular weight is 425 g/mol. The van der Waals surface area contributed by atoms with E-state index in [9.17, 15) is 9.59 Å². The molecule has 3 aromatic rings. The van der Waals surface area contributed by atoms with E-state index in [1.54, 1.807) is 18.4 Å². The van der Waals surface area contributed by atoms with Crippen molar-refractivity contribution in [3.8, 4) is 0 Å². The monoisotopic (exact) mass is 424 g/mol. The number of para-hydroxylation sites is 1. The number of nitrogens with zero attached hydrogens (tertiary/aromatic N) is 2. The molecule has 30 heavy (non-hydrogen) atoms. The maximum Gasteiger partial charge on any atom is 0.243 e. The van der Waals surface area contributed by atoms with Crippen molar-refractivity contribution >= 4 is 44.2 Å². The molecule has 0 aliphatic carbocycles. The molecule has 0 spiro atoms. The fourth-order valence-electron chi connectivity index (χ4n) is 3.05. The number of unbranched alkanes of at least 4 members (excludes halogenated alkanes) is 2. The molecule has 0 bridgehead atoms. The van der Waals surface area contributed by atoms with Crippen LogP contribution in [0.5, 0.6) is 0 Å². The van der Waals surface area contributed by atoms with Crippen LogP contribution in [0.25, 0.3) is 10.2 Å². The Morgan fingerprint density at radius 3 is 2.57 bits per heavy atom. The molecule has 7 heteroatoms. The summed E-state index contributed by atoms with van der Waals surface area (Å²) in [6.07, 6.45) is 3.19. The van der Waals surface area contributed by atoms with Crippen LogP contribution >= 0.6 is 11.3 Å². The summed E-state index contributed by atoms with van der Waals surface area (Å²) < 4.78 is 1.18. The van der Waals surface area contributed by atoms with Crippen molar-refractivity contribution in [2.45, 2.75) is 32.6 Å². The number of hydrogen-bond acceptors (Lipinski definition) is 5. The molecule has 0 fully saturated rings. The largest absolute Gasteiger partial charge is 0.361 e. The molecule has 0 saturated heterocycles. The molecular weight excluding hydrogens is 396 g/mol. The lowest BCUT2D eigenvalue weighted by molar-refractivity contribution is -0.133. The number of carbonyl (C=O) groups excluding carboxylic acids is 2. The number of nitrogens with one attached hydrogen (secondary N) is 2. The number of benzene rings is 2. The van der Waals surface area contributed by atoms with E-state index in [1.165, 1.54) is 9.60 Å². The first-order valence-corrected chi connectivity index (χ1v) is 11.0. The smallest absolute Gasteiger partial charge is 0.243 e. The fourth-order valence-corrected chi connectivity index (χ4v) is 3.94. The standard InChI is InChI=1S/C23H28N4O2S/c1-17-11-13-18(14-12-17)25-21(28)16-27(2)22(29)10-4-3-7-15-24-23-26-19-8-5-6-9-20(19)30-23/h5-6,8-9,11-14H,3-4,7,10,15-16H2,1-2H3,(H,24,26)(H,25,28). The normalized spacial score (nSPS) is 10.7. The Bertz CT molecular complexity index is 951. The van der Waals surface area contributed by atoms with Crippen LogP contribution < -0.4 is 10.6 Å². The highest BCUT2D eigenvalue weighted by molar-refractivity contribution is 7.22. The van der Waals surface area contributed by atoms with E-state index in [2.05, 4.69) is 21.7 Å². The lowest BCUT2D eigenvalue weighted by atomic mass is 10.2. The van der Waals surface area contributed by atoms with Crippen molar-refractivity contribution < 1.29 is 9.59 Å². The molecule has 0 aliphatic heterocycles.